The molecule has 0 aliphatic heterocycles. The minimum atomic E-state index is -0.455. The van der Waals surface area contributed by atoms with E-state index in [1.165, 1.54) is 11.3 Å². The number of esters is 1. The van der Waals surface area contributed by atoms with Crippen LogP contribution in [0, 0.1) is 0 Å². The average molecular weight is 438 g/mol. The van der Waals surface area contributed by atoms with Gasteiger partial charge in [0.2, 0.25) is 5.91 Å². The molecule has 0 aliphatic carbocycles. The number of carbonyl (C=O) groups excluding carboxylic acids is 2. The first-order valence-electron chi connectivity index (χ1n) is 9.77. The van der Waals surface area contributed by atoms with Crippen molar-refractivity contribution in [3.63, 3.8) is 0 Å². The Bertz CT molecular complexity index is 804. The second kappa shape index (κ2) is 11.9. The summed E-state index contributed by atoms with van der Waals surface area (Å²) < 4.78 is 5.21. The summed E-state index contributed by atoms with van der Waals surface area (Å²) in [4.78, 5) is 27.2. The van der Waals surface area contributed by atoms with Crippen LogP contribution < -0.4 is 10.6 Å². The zero-order chi connectivity index (χ0) is 21.2. The number of benzene rings is 1. The first-order chi connectivity index (χ1) is 14.0. The van der Waals surface area contributed by atoms with Gasteiger partial charge in [-0.05, 0) is 37.7 Å². The van der Waals surface area contributed by atoms with Gasteiger partial charge in [-0.15, -0.1) is 11.3 Å². The van der Waals surface area contributed by atoms with Gasteiger partial charge in [-0.25, -0.2) is 4.79 Å². The van der Waals surface area contributed by atoms with Crippen LogP contribution in [-0.2, 0) is 9.53 Å². The molecule has 29 heavy (non-hydrogen) atoms. The van der Waals surface area contributed by atoms with Gasteiger partial charge in [-0.1, -0.05) is 37.6 Å². The number of nitrogens with one attached hydrogen (secondary N) is 2. The Balaban J connectivity index is 2.08. The number of nitrogens with zero attached hydrogens (tertiary/aromatic N) is 1. The lowest BCUT2D eigenvalue weighted by molar-refractivity contribution is -0.115. The van der Waals surface area contributed by atoms with Crippen molar-refractivity contribution in [2.24, 2.45) is 0 Å². The summed E-state index contributed by atoms with van der Waals surface area (Å²) in [6.07, 6.45) is 0. The highest BCUT2D eigenvalue weighted by Crippen LogP contribution is 2.36. The van der Waals surface area contributed by atoms with Gasteiger partial charge in [0.1, 0.15) is 10.6 Å². The van der Waals surface area contributed by atoms with Gasteiger partial charge in [-0.2, -0.15) is 0 Å². The van der Waals surface area contributed by atoms with E-state index in [0.29, 0.717) is 15.6 Å². The molecule has 0 fully saturated rings. The smallest absolute Gasteiger partial charge is 0.341 e. The second-order valence-corrected chi connectivity index (χ2v) is 7.65. The predicted octanol–water partition coefficient (Wildman–Crippen LogP) is 4.12. The summed E-state index contributed by atoms with van der Waals surface area (Å²) >= 11 is 7.28. The van der Waals surface area contributed by atoms with Crippen LogP contribution in [0.2, 0.25) is 5.02 Å². The molecule has 0 radical (unpaired) electrons. The van der Waals surface area contributed by atoms with Crippen molar-refractivity contribution in [3.05, 3.63) is 40.2 Å². The molecule has 1 amide bonds. The van der Waals surface area contributed by atoms with E-state index in [1.54, 1.807) is 19.1 Å². The molecule has 0 spiro atoms. The first-order valence-corrected chi connectivity index (χ1v) is 11.0. The monoisotopic (exact) mass is 437 g/mol. The van der Waals surface area contributed by atoms with Gasteiger partial charge in [-0.3, -0.25) is 4.79 Å². The Hall–Kier alpha value is -1.93. The van der Waals surface area contributed by atoms with Crippen molar-refractivity contribution >= 4 is 39.8 Å². The SMILES string of the molecule is CCOC(=O)c1c(-c2ccc(Cl)cc2)csc1NC(=O)CNCCN(CC)CC. The third kappa shape index (κ3) is 6.82. The molecule has 1 aromatic heterocycles. The molecule has 0 aliphatic rings. The fourth-order valence-electron chi connectivity index (χ4n) is 2.85. The quantitative estimate of drug-likeness (QED) is 0.409. The van der Waals surface area contributed by atoms with Crippen molar-refractivity contribution in [3.8, 4) is 11.1 Å². The van der Waals surface area contributed by atoms with Crippen molar-refractivity contribution < 1.29 is 14.3 Å². The zero-order valence-corrected chi connectivity index (χ0v) is 18.7. The van der Waals surface area contributed by atoms with Crippen LogP contribution in [-0.4, -0.2) is 56.1 Å². The molecular formula is C21H28ClN3O3S. The third-order valence-corrected chi connectivity index (χ3v) is 5.61. The van der Waals surface area contributed by atoms with Gasteiger partial charge in [0.05, 0.1) is 13.2 Å². The van der Waals surface area contributed by atoms with Crippen LogP contribution in [0.3, 0.4) is 0 Å². The van der Waals surface area contributed by atoms with Crippen LogP contribution in [0.4, 0.5) is 5.00 Å². The van der Waals surface area contributed by atoms with Gasteiger partial charge < -0.3 is 20.3 Å². The summed E-state index contributed by atoms with van der Waals surface area (Å²) in [5, 5.41) is 8.94. The summed E-state index contributed by atoms with van der Waals surface area (Å²) in [6, 6.07) is 7.21. The lowest BCUT2D eigenvalue weighted by Gasteiger charge is -2.17. The highest BCUT2D eigenvalue weighted by Gasteiger charge is 2.22. The molecular weight excluding hydrogens is 410 g/mol. The van der Waals surface area contributed by atoms with E-state index >= 15 is 0 Å². The molecule has 158 valence electrons. The number of carbonyl (C=O) groups is 2. The highest BCUT2D eigenvalue weighted by atomic mass is 35.5. The lowest BCUT2D eigenvalue weighted by atomic mass is 10.0. The molecule has 6 nitrogen and oxygen atoms in total. The van der Waals surface area contributed by atoms with E-state index in [4.69, 9.17) is 16.3 Å². The molecule has 0 saturated carbocycles. The Labute approximate surface area is 181 Å². The summed E-state index contributed by atoms with van der Waals surface area (Å²) in [7, 11) is 0. The number of hydrogen-bond donors (Lipinski definition) is 2. The number of rotatable bonds is 11. The van der Waals surface area contributed by atoms with E-state index in [0.717, 1.165) is 37.3 Å². The van der Waals surface area contributed by atoms with E-state index in [1.807, 2.05) is 17.5 Å². The summed E-state index contributed by atoms with van der Waals surface area (Å²) in [5.41, 5.74) is 1.93. The molecule has 0 bridgehead atoms. The minimum Gasteiger partial charge on any atom is -0.462 e. The Kier molecular flexibility index (Phi) is 9.60. The van der Waals surface area contributed by atoms with Crippen LogP contribution in [0.25, 0.3) is 11.1 Å². The number of amides is 1. The Morgan fingerprint density at radius 3 is 2.45 bits per heavy atom. The van der Waals surface area contributed by atoms with Gasteiger partial charge >= 0.3 is 5.97 Å². The standard InChI is InChI=1S/C21H28ClN3O3S/c1-4-25(5-2)12-11-23-13-18(26)24-20-19(21(27)28-6-3)17(14-29-20)15-7-9-16(22)10-8-15/h7-10,14,23H,4-6,11-13H2,1-3H3,(H,24,26). The van der Waals surface area contributed by atoms with Crippen LogP contribution in [0.5, 0.6) is 0 Å². The van der Waals surface area contributed by atoms with Gasteiger partial charge in [0, 0.05) is 29.1 Å². The predicted molar refractivity (Wildman–Crippen MR) is 120 cm³/mol. The summed E-state index contributed by atoms with van der Waals surface area (Å²) in [5.74, 6) is -0.650. The maximum Gasteiger partial charge on any atom is 0.341 e. The topological polar surface area (TPSA) is 70.7 Å². The minimum absolute atomic E-state index is 0.178. The number of ether oxygens (including phenoxy) is 1. The fourth-order valence-corrected chi connectivity index (χ4v) is 3.95. The van der Waals surface area contributed by atoms with E-state index in [9.17, 15) is 9.59 Å². The van der Waals surface area contributed by atoms with Crippen molar-refractivity contribution in [2.75, 3.05) is 44.6 Å². The molecule has 2 N–H and O–H groups in total. The van der Waals surface area contributed by atoms with Crippen molar-refractivity contribution in [1.29, 1.82) is 0 Å². The number of likely N-dealkylation sites (N-methyl/N-ethyl adjacent to an activating group) is 1. The van der Waals surface area contributed by atoms with Crippen LogP contribution in [0.15, 0.2) is 29.6 Å². The number of hydrogen-bond acceptors (Lipinski definition) is 6. The molecule has 2 rings (SSSR count). The maximum atomic E-state index is 12.6. The van der Waals surface area contributed by atoms with Crippen molar-refractivity contribution in [1.82, 2.24) is 10.2 Å². The normalized spacial score (nSPS) is 10.9. The Morgan fingerprint density at radius 2 is 1.83 bits per heavy atom. The van der Waals surface area contributed by atoms with E-state index in [-0.39, 0.29) is 19.1 Å². The van der Waals surface area contributed by atoms with Crippen LogP contribution in [0.1, 0.15) is 31.1 Å². The first kappa shape index (κ1) is 23.3. The number of halogens is 1. The molecule has 8 heteroatoms. The third-order valence-electron chi connectivity index (χ3n) is 4.46. The zero-order valence-electron chi connectivity index (χ0n) is 17.1. The number of anilines is 1. The molecule has 1 heterocycles. The van der Waals surface area contributed by atoms with Crippen LogP contribution >= 0.6 is 22.9 Å². The molecule has 0 saturated heterocycles. The van der Waals surface area contributed by atoms with E-state index < -0.39 is 5.97 Å². The fraction of sp³-hybridized carbons (Fsp3) is 0.429. The largest absolute Gasteiger partial charge is 0.462 e. The van der Waals surface area contributed by atoms with E-state index in [2.05, 4.69) is 29.4 Å². The number of thiophene rings is 1. The molecule has 0 atom stereocenters. The van der Waals surface area contributed by atoms with Gasteiger partial charge in [0.25, 0.3) is 0 Å². The highest BCUT2D eigenvalue weighted by molar-refractivity contribution is 7.15. The lowest BCUT2D eigenvalue weighted by Crippen LogP contribution is -2.35. The maximum absolute atomic E-state index is 12.6. The van der Waals surface area contributed by atoms with Crippen molar-refractivity contribution in [2.45, 2.75) is 20.8 Å². The molecule has 2 aromatic rings. The Morgan fingerprint density at radius 1 is 1.14 bits per heavy atom. The molecule has 0 unspecified atom stereocenters. The van der Waals surface area contributed by atoms with Gasteiger partial charge in [0.15, 0.2) is 0 Å². The summed E-state index contributed by atoms with van der Waals surface area (Å²) in [6.45, 7) is 9.99. The second-order valence-electron chi connectivity index (χ2n) is 6.33. The molecule has 1 aromatic carbocycles. The average Bonchev–Trinajstić information content (AvgIpc) is 3.12.